The molecule has 0 spiro atoms. The highest BCUT2D eigenvalue weighted by atomic mass is 16.2. The lowest BCUT2D eigenvalue weighted by molar-refractivity contribution is 0.141. The van der Waals surface area contributed by atoms with Crippen LogP contribution in [0.5, 0.6) is 0 Å². The van der Waals surface area contributed by atoms with E-state index in [0.717, 1.165) is 0 Å². The van der Waals surface area contributed by atoms with Gasteiger partial charge in [0.15, 0.2) is 0 Å². The van der Waals surface area contributed by atoms with Crippen LogP contribution in [0.2, 0.25) is 0 Å². The number of amides is 2. The summed E-state index contributed by atoms with van der Waals surface area (Å²) < 4.78 is 0. The molecular weight excluding hydrogens is 178 g/mol. The number of nitrogens with two attached hydrogens (primary N) is 1. The fraction of sp³-hybridized carbons (Fsp3) is 0.900. The first-order chi connectivity index (χ1) is 6.35. The van der Waals surface area contributed by atoms with Crippen LogP contribution < -0.4 is 11.1 Å². The summed E-state index contributed by atoms with van der Waals surface area (Å²) in [5.74, 6) is 0. The number of nitrogens with zero attached hydrogens (tertiary/aromatic N) is 1. The van der Waals surface area contributed by atoms with Crippen molar-refractivity contribution in [3.63, 3.8) is 0 Å². The van der Waals surface area contributed by atoms with E-state index < -0.39 is 0 Å². The van der Waals surface area contributed by atoms with E-state index in [4.69, 9.17) is 5.73 Å². The van der Waals surface area contributed by atoms with Gasteiger partial charge in [0.05, 0.1) is 5.54 Å². The van der Waals surface area contributed by atoms with Gasteiger partial charge in [-0.3, -0.25) is 0 Å². The third-order valence-corrected chi connectivity index (χ3v) is 2.20. The maximum atomic E-state index is 11.7. The second-order valence-corrected chi connectivity index (χ2v) is 4.37. The Morgan fingerprint density at radius 1 is 1.50 bits per heavy atom. The van der Waals surface area contributed by atoms with Crippen molar-refractivity contribution in [2.45, 2.75) is 46.2 Å². The van der Waals surface area contributed by atoms with E-state index >= 15 is 0 Å². The van der Waals surface area contributed by atoms with Gasteiger partial charge in [-0.1, -0.05) is 0 Å². The lowest BCUT2D eigenvalue weighted by atomic mass is 10.0. The molecule has 0 radical (unpaired) electrons. The summed E-state index contributed by atoms with van der Waals surface area (Å²) >= 11 is 0. The molecule has 0 aliphatic carbocycles. The second kappa shape index (κ2) is 5.20. The fourth-order valence-corrected chi connectivity index (χ4v) is 1.28. The SMILES string of the molecule is CCN(C(=O)NC(C)C)C(C)(C)CN. The summed E-state index contributed by atoms with van der Waals surface area (Å²) in [6.45, 7) is 10.9. The molecule has 4 heteroatoms. The molecule has 0 aromatic carbocycles. The molecule has 3 N–H and O–H groups in total. The predicted octanol–water partition coefficient (Wildman–Crippen LogP) is 1.16. The summed E-state index contributed by atoms with van der Waals surface area (Å²) in [6, 6.07) is 0.114. The van der Waals surface area contributed by atoms with Crippen molar-refractivity contribution in [1.82, 2.24) is 10.2 Å². The first-order valence-electron chi connectivity index (χ1n) is 5.13. The number of urea groups is 1. The molecule has 84 valence electrons. The van der Waals surface area contributed by atoms with Crippen LogP contribution in [0.15, 0.2) is 0 Å². The van der Waals surface area contributed by atoms with Crippen LogP contribution in [-0.2, 0) is 0 Å². The van der Waals surface area contributed by atoms with Crippen LogP contribution in [0.1, 0.15) is 34.6 Å². The average molecular weight is 201 g/mol. The minimum atomic E-state index is -0.284. The van der Waals surface area contributed by atoms with Gasteiger partial charge in [-0.05, 0) is 34.6 Å². The van der Waals surface area contributed by atoms with E-state index in [1.54, 1.807) is 4.90 Å². The van der Waals surface area contributed by atoms with Crippen LogP contribution >= 0.6 is 0 Å². The highest BCUT2D eigenvalue weighted by Crippen LogP contribution is 2.12. The Labute approximate surface area is 86.8 Å². The fourth-order valence-electron chi connectivity index (χ4n) is 1.28. The molecule has 0 heterocycles. The molecule has 0 saturated carbocycles. The molecule has 0 aromatic heterocycles. The van der Waals surface area contributed by atoms with Crippen LogP contribution in [0.3, 0.4) is 0 Å². The molecule has 0 atom stereocenters. The molecule has 0 fully saturated rings. The normalized spacial score (nSPS) is 11.6. The number of rotatable bonds is 4. The molecular formula is C10H23N3O. The zero-order chi connectivity index (χ0) is 11.4. The van der Waals surface area contributed by atoms with Gasteiger partial charge < -0.3 is 16.0 Å². The van der Waals surface area contributed by atoms with Crippen LogP contribution in [0, 0.1) is 0 Å². The predicted molar refractivity (Wildman–Crippen MR) is 59.2 cm³/mol. The zero-order valence-electron chi connectivity index (χ0n) is 9.92. The Hall–Kier alpha value is -0.770. The lowest BCUT2D eigenvalue weighted by Gasteiger charge is -2.37. The summed E-state index contributed by atoms with van der Waals surface area (Å²) in [7, 11) is 0. The number of carbonyl (C=O) groups is 1. The summed E-state index contributed by atoms with van der Waals surface area (Å²) in [6.07, 6.45) is 0. The van der Waals surface area contributed by atoms with Crippen molar-refractivity contribution in [3.8, 4) is 0 Å². The molecule has 0 rings (SSSR count). The van der Waals surface area contributed by atoms with Crippen molar-refractivity contribution >= 4 is 6.03 Å². The van der Waals surface area contributed by atoms with Crippen LogP contribution in [0.4, 0.5) is 4.79 Å². The smallest absolute Gasteiger partial charge is 0.318 e. The first kappa shape index (κ1) is 13.2. The third kappa shape index (κ3) is 3.54. The highest BCUT2D eigenvalue weighted by Gasteiger charge is 2.28. The van der Waals surface area contributed by atoms with Gasteiger partial charge in [0.2, 0.25) is 0 Å². The Balaban J connectivity index is 4.48. The Kier molecular flexibility index (Phi) is 4.91. The van der Waals surface area contributed by atoms with E-state index in [1.165, 1.54) is 0 Å². The van der Waals surface area contributed by atoms with Crippen molar-refractivity contribution in [3.05, 3.63) is 0 Å². The molecule has 0 saturated heterocycles. The van der Waals surface area contributed by atoms with Crippen molar-refractivity contribution < 1.29 is 4.79 Å². The van der Waals surface area contributed by atoms with E-state index in [9.17, 15) is 4.79 Å². The van der Waals surface area contributed by atoms with Gasteiger partial charge in [0.1, 0.15) is 0 Å². The van der Waals surface area contributed by atoms with Crippen molar-refractivity contribution in [2.75, 3.05) is 13.1 Å². The number of likely N-dealkylation sites (N-methyl/N-ethyl adjacent to an activating group) is 1. The van der Waals surface area contributed by atoms with E-state index in [1.807, 2.05) is 34.6 Å². The molecule has 4 nitrogen and oxygen atoms in total. The average Bonchev–Trinajstić information content (AvgIpc) is 2.03. The van der Waals surface area contributed by atoms with Crippen molar-refractivity contribution in [2.24, 2.45) is 5.73 Å². The number of hydrogen-bond donors (Lipinski definition) is 2. The largest absolute Gasteiger partial charge is 0.336 e. The molecule has 0 aliphatic heterocycles. The summed E-state index contributed by atoms with van der Waals surface area (Å²) in [5, 5.41) is 2.87. The maximum Gasteiger partial charge on any atom is 0.318 e. The van der Waals surface area contributed by atoms with Crippen molar-refractivity contribution in [1.29, 1.82) is 0 Å². The Morgan fingerprint density at radius 2 is 2.00 bits per heavy atom. The summed E-state index contributed by atoms with van der Waals surface area (Å²) in [4.78, 5) is 13.5. The lowest BCUT2D eigenvalue weighted by Crippen LogP contribution is -2.56. The molecule has 2 amide bonds. The second-order valence-electron chi connectivity index (χ2n) is 4.37. The Bertz CT molecular complexity index is 190. The molecule has 0 aliphatic rings. The van der Waals surface area contributed by atoms with E-state index in [-0.39, 0.29) is 17.6 Å². The summed E-state index contributed by atoms with van der Waals surface area (Å²) in [5.41, 5.74) is 5.35. The number of carbonyl (C=O) groups excluding carboxylic acids is 1. The topological polar surface area (TPSA) is 58.4 Å². The molecule has 14 heavy (non-hydrogen) atoms. The molecule has 0 unspecified atom stereocenters. The monoisotopic (exact) mass is 201 g/mol. The van der Waals surface area contributed by atoms with E-state index in [2.05, 4.69) is 5.32 Å². The minimum Gasteiger partial charge on any atom is -0.336 e. The first-order valence-corrected chi connectivity index (χ1v) is 5.13. The van der Waals surface area contributed by atoms with Gasteiger partial charge in [-0.25, -0.2) is 4.79 Å². The van der Waals surface area contributed by atoms with E-state index in [0.29, 0.717) is 13.1 Å². The molecule has 0 bridgehead atoms. The Morgan fingerprint density at radius 3 is 2.29 bits per heavy atom. The molecule has 0 aromatic rings. The standard InChI is InChI=1S/C10H23N3O/c1-6-13(10(4,5)7-11)9(14)12-8(2)3/h8H,6-7,11H2,1-5H3,(H,12,14). The zero-order valence-corrected chi connectivity index (χ0v) is 9.92. The van der Waals surface area contributed by atoms with Gasteiger partial charge in [0.25, 0.3) is 0 Å². The quantitative estimate of drug-likeness (QED) is 0.717. The van der Waals surface area contributed by atoms with Gasteiger partial charge >= 0.3 is 6.03 Å². The van der Waals surface area contributed by atoms with Gasteiger partial charge in [-0.15, -0.1) is 0 Å². The van der Waals surface area contributed by atoms with Crippen LogP contribution in [0.25, 0.3) is 0 Å². The van der Waals surface area contributed by atoms with Gasteiger partial charge in [0, 0.05) is 19.1 Å². The highest BCUT2D eigenvalue weighted by molar-refractivity contribution is 5.75. The minimum absolute atomic E-state index is 0.0436. The number of hydrogen-bond acceptors (Lipinski definition) is 2. The van der Waals surface area contributed by atoms with Gasteiger partial charge in [-0.2, -0.15) is 0 Å². The third-order valence-electron chi connectivity index (χ3n) is 2.20. The maximum absolute atomic E-state index is 11.7. The van der Waals surface area contributed by atoms with Crippen LogP contribution in [-0.4, -0.2) is 35.6 Å². The number of nitrogens with one attached hydrogen (secondary N) is 1.